The molecular weight excluding hydrogens is 514 g/mol. The van der Waals surface area contributed by atoms with E-state index in [4.69, 9.17) is 18.9 Å². The molecule has 0 aromatic heterocycles. The van der Waals surface area contributed by atoms with E-state index in [2.05, 4.69) is 42.3 Å². The van der Waals surface area contributed by atoms with Crippen molar-refractivity contribution in [2.45, 2.75) is 57.4 Å². The van der Waals surface area contributed by atoms with Gasteiger partial charge in [0.1, 0.15) is 0 Å². The minimum Gasteiger partial charge on any atom is -0.493 e. The van der Waals surface area contributed by atoms with E-state index >= 15 is 0 Å². The van der Waals surface area contributed by atoms with Crippen molar-refractivity contribution in [1.82, 2.24) is 10.2 Å². The second-order valence-corrected chi connectivity index (χ2v) is 10.4. The summed E-state index contributed by atoms with van der Waals surface area (Å²) in [6.07, 6.45) is 5.04. The molecule has 0 bridgehead atoms. The summed E-state index contributed by atoms with van der Waals surface area (Å²) in [5, 5.41) is 14.1. The number of halogens is 1. The van der Waals surface area contributed by atoms with Crippen LogP contribution in [0, 0.1) is 17.2 Å². The monoisotopic (exact) mass is 559 g/mol. The molecule has 0 aliphatic carbocycles. The summed E-state index contributed by atoms with van der Waals surface area (Å²) < 4.78 is 21.7. The molecule has 1 fully saturated rings. The number of ether oxygens (including phenoxy) is 4. The van der Waals surface area contributed by atoms with E-state index in [-0.39, 0.29) is 18.3 Å². The molecule has 0 amide bonds. The highest BCUT2D eigenvalue weighted by Crippen LogP contribution is 2.40. The van der Waals surface area contributed by atoms with E-state index in [0.29, 0.717) is 17.5 Å². The summed E-state index contributed by atoms with van der Waals surface area (Å²) in [7, 11) is 6.61. The highest BCUT2D eigenvalue weighted by Gasteiger charge is 2.36. The van der Waals surface area contributed by atoms with Crippen molar-refractivity contribution >= 4 is 12.4 Å². The summed E-state index contributed by atoms with van der Waals surface area (Å²) in [6.45, 7) is 8.43. The van der Waals surface area contributed by atoms with Crippen LogP contribution < -0.4 is 24.3 Å². The summed E-state index contributed by atoms with van der Waals surface area (Å²) in [5.41, 5.74) is 1.70. The predicted octanol–water partition coefficient (Wildman–Crippen LogP) is 5.64. The van der Waals surface area contributed by atoms with Crippen LogP contribution in [0.3, 0.4) is 0 Å². The lowest BCUT2D eigenvalue weighted by Gasteiger charge is -2.34. The van der Waals surface area contributed by atoms with E-state index in [1.54, 1.807) is 28.4 Å². The molecule has 7 nitrogen and oxygen atoms in total. The zero-order chi connectivity index (χ0) is 27.5. The summed E-state index contributed by atoms with van der Waals surface area (Å²) >= 11 is 0. The largest absolute Gasteiger partial charge is 0.493 e. The predicted molar refractivity (Wildman–Crippen MR) is 159 cm³/mol. The fourth-order valence-electron chi connectivity index (χ4n) is 5.49. The Labute approximate surface area is 241 Å². The van der Waals surface area contributed by atoms with Crippen LogP contribution in [-0.4, -0.2) is 65.6 Å². The van der Waals surface area contributed by atoms with Crippen LogP contribution in [0.2, 0.25) is 0 Å². The first-order valence-corrected chi connectivity index (χ1v) is 13.7. The Bertz CT molecular complexity index is 1070. The van der Waals surface area contributed by atoms with E-state index in [0.717, 1.165) is 75.3 Å². The van der Waals surface area contributed by atoms with Gasteiger partial charge in [-0.1, -0.05) is 26.0 Å². The van der Waals surface area contributed by atoms with Gasteiger partial charge in [0.05, 0.1) is 39.9 Å². The third-order valence-corrected chi connectivity index (χ3v) is 8.02. The third-order valence-electron chi connectivity index (χ3n) is 8.02. The molecule has 0 saturated carbocycles. The summed E-state index contributed by atoms with van der Waals surface area (Å²) in [4.78, 5) is 2.55. The molecule has 1 saturated heterocycles. The van der Waals surface area contributed by atoms with Crippen molar-refractivity contribution in [3.8, 4) is 29.1 Å². The number of nitriles is 1. The molecule has 8 heteroatoms. The Morgan fingerprint density at radius 2 is 1.51 bits per heavy atom. The molecule has 1 N–H and O–H groups in total. The molecule has 0 radical (unpaired) electrons. The number of rotatable bonds is 14. The van der Waals surface area contributed by atoms with Crippen molar-refractivity contribution < 1.29 is 18.9 Å². The van der Waals surface area contributed by atoms with Crippen LogP contribution >= 0.6 is 12.4 Å². The average Bonchev–Trinajstić information content (AvgIpc) is 2.96. The fourth-order valence-corrected chi connectivity index (χ4v) is 5.49. The van der Waals surface area contributed by atoms with Gasteiger partial charge in [-0.15, -0.1) is 12.4 Å². The quantitative estimate of drug-likeness (QED) is 0.300. The molecule has 1 heterocycles. The molecule has 39 heavy (non-hydrogen) atoms. The molecule has 216 valence electrons. The number of piperidine rings is 1. The van der Waals surface area contributed by atoms with E-state index in [9.17, 15) is 5.26 Å². The number of nitrogens with one attached hydrogen (secondary N) is 1. The molecule has 1 aliphatic rings. The molecule has 2 aromatic carbocycles. The smallest absolute Gasteiger partial charge is 0.161 e. The van der Waals surface area contributed by atoms with E-state index in [1.165, 1.54) is 5.56 Å². The zero-order valence-electron chi connectivity index (χ0n) is 24.4. The second-order valence-electron chi connectivity index (χ2n) is 10.4. The third kappa shape index (κ3) is 8.17. The number of benzene rings is 2. The SMILES string of the molecule is COc1ccc(CCN2CCC(NCCCC(C#N)(c3ccc(OC)c(OC)c3)C(C)C)CC2)cc1OC.Cl. The van der Waals surface area contributed by atoms with Gasteiger partial charge in [-0.05, 0) is 93.0 Å². The molecule has 3 rings (SSSR count). The van der Waals surface area contributed by atoms with Crippen LogP contribution in [-0.2, 0) is 11.8 Å². The fraction of sp³-hybridized carbons (Fsp3) is 0.581. The normalized spacial score (nSPS) is 15.6. The standard InChI is InChI=1S/C31H45N3O4.ClH/c1-23(2)31(22-32,25-9-11-28(36-4)30(21-25)38-6)15-7-16-33-26-13-18-34(19-14-26)17-12-24-8-10-27(35-3)29(20-24)37-5;/h8-11,20-21,23,26,33H,7,12-19H2,1-6H3;1H. The van der Waals surface area contributed by atoms with Gasteiger partial charge >= 0.3 is 0 Å². The van der Waals surface area contributed by atoms with Gasteiger partial charge in [-0.25, -0.2) is 0 Å². The zero-order valence-corrected chi connectivity index (χ0v) is 25.2. The maximum Gasteiger partial charge on any atom is 0.161 e. The summed E-state index contributed by atoms with van der Waals surface area (Å²) in [5.74, 6) is 3.09. The maximum atomic E-state index is 10.3. The molecule has 1 unspecified atom stereocenters. The van der Waals surface area contributed by atoms with Crippen LogP contribution in [0.1, 0.15) is 50.7 Å². The van der Waals surface area contributed by atoms with Gasteiger partial charge in [-0.3, -0.25) is 0 Å². The lowest BCUT2D eigenvalue weighted by molar-refractivity contribution is 0.198. The van der Waals surface area contributed by atoms with Gasteiger partial charge < -0.3 is 29.2 Å². The second kappa shape index (κ2) is 15.8. The lowest BCUT2D eigenvalue weighted by Crippen LogP contribution is -2.43. The Hall–Kier alpha value is -2.66. The first kappa shape index (κ1) is 32.6. The topological polar surface area (TPSA) is 76.0 Å². The van der Waals surface area contributed by atoms with Crippen molar-refractivity contribution in [1.29, 1.82) is 5.26 Å². The summed E-state index contributed by atoms with van der Waals surface area (Å²) in [6, 6.07) is 15.2. The Balaban J connectivity index is 0.00000533. The number of nitrogens with zero attached hydrogens (tertiary/aromatic N) is 2. The lowest BCUT2D eigenvalue weighted by atomic mass is 9.69. The molecule has 0 spiro atoms. The number of methoxy groups -OCH3 is 4. The minimum atomic E-state index is -0.561. The van der Waals surface area contributed by atoms with Crippen LogP contribution in [0.15, 0.2) is 36.4 Å². The van der Waals surface area contributed by atoms with Gasteiger partial charge in [0, 0.05) is 12.6 Å². The van der Waals surface area contributed by atoms with Crippen LogP contribution in [0.5, 0.6) is 23.0 Å². The van der Waals surface area contributed by atoms with E-state index < -0.39 is 5.41 Å². The van der Waals surface area contributed by atoms with Crippen molar-refractivity contribution in [2.24, 2.45) is 5.92 Å². The Morgan fingerprint density at radius 1 is 0.923 bits per heavy atom. The number of hydrogen-bond acceptors (Lipinski definition) is 7. The maximum absolute atomic E-state index is 10.3. The van der Waals surface area contributed by atoms with Crippen molar-refractivity contribution in [2.75, 3.05) is 54.6 Å². The van der Waals surface area contributed by atoms with Crippen LogP contribution in [0.25, 0.3) is 0 Å². The van der Waals surface area contributed by atoms with Gasteiger partial charge in [0.15, 0.2) is 23.0 Å². The number of hydrogen-bond donors (Lipinski definition) is 1. The van der Waals surface area contributed by atoms with Crippen molar-refractivity contribution in [3.63, 3.8) is 0 Å². The van der Waals surface area contributed by atoms with Gasteiger partial charge in [0.2, 0.25) is 0 Å². The highest BCUT2D eigenvalue weighted by atomic mass is 35.5. The van der Waals surface area contributed by atoms with Crippen molar-refractivity contribution in [3.05, 3.63) is 47.5 Å². The molecule has 2 aromatic rings. The Kier molecular flexibility index (Phi) is 13.2. The highest BCUT2D eigenvalue weighted by molar-refractivity contribution is 5.85. The van der Waals surface area contributed by atoms with E-state index in [1.807, 2.05) is 24.3 Å². The van der Waals surface area contributed by atoms with Gasteiger partial charge in [0.25, 0.3) is 0 Å². The first-order chi connectivity index (χ1) is 18.4. The molecule has 1 atom stereocenters. The first-order valence-electron chi connectivity index (χ1n) is 13.7. The average molecular weight is 560 g/mol. The van der Waals surface area contributed by atoms with Gasteiger partial charge in [-0.2, -0.15) is 5.26 Å². The molecular formula is C31H46ClN3O4. The Morgan fingerprint density at radius 3 is 2.08 bits per heavy atom. The number of likely N-dealkylation sites (tertiary alicyclic amines) is 1. The minimum absolute atomic E-state index is 0. The molecule has 1 aliphatic heterocycles. The van der Waals surface area contributed by atoms with Crippen LogP contribution in [0.4, 0.5) is 0 Å².